The Morgan fingerprint density at radius 2 is 1.79 bits per heavy atom. The number of benzene rings is 2. The van der Waals surface area contributed by atoms with Crippen LogP contribution >= 0.6 is 0 Å². The lowest BCUT2D eigenvalue weighted by molar-refractivity contribution is -0.140. The van der Waals surface area contributed by atoms with Gasteiger partial charge >= 0.3 is 5.97 Å². The molecule has 3 rings (SSSR count). The Hall–Kier alpha value is -3.65. The van der Waals surface area contributed by atoms with Crippen molar-refractivity contribution in [1.29, 1.82) is 0 Å². The smallest absolute Gasteiger partial charge is 0.305 e. The molecule has 0 saturated carbocycles. The van der Waals surface area contributed by atoms with Crippen LogP contribution in [0.5, 0.6) is 5.75 Å². The van der Waals surface area contributed by atoms with Crippen LogP contribution < -0.4 is 15.4 Å². The molecule has 1 aliphatic heterocycles. The molecule has 0 aromatic heterocycles. The average molecular weight is 467 g/mol. The second-order valence-corrected chi connectivity index (χ2v) is 7.88. The fourth-order valence-corrected chi connectivity index (χ4v) is 3.60. The quantitative estimate of drug-likeness (QED) is 0.463. The predicted octanol–water partition coefficient (Wildman–Crippen LogP) is 4.42. The van der Waals surface area contributed by atoms with E-state index < -0.39 is 6.10 Å². The van der Waals surface area contributed by atoms with Crippen molar-refractivity contribution in [3.63, 3.8) is 0 Å². The van der Waals surface area contributed by atoms with Crippen LogP contribution in [0.15, 0.2) is 48.5 Å². The lowest BCUT2D eigenvalue weighted by Gasteiger charge is -2.19. The Morgan fingerprint density at radius 3 is 2.53 bits per heavy atom. The van der Waals surface area contributed by atoms with Gasteiger partial charge in [-0.2, -0.15) is 0 Å². The molecule has 0 fully saturated rings. The Bertz CT molecular complexity index is 1050. The number of para-hydroxylation sites is 2. The van der Waals surface area contributed by atoms with E-state index in [-0.39, 0.29) is 24.4 Å². The van der Waals surface area contributed by atoms with Crippen molar-refractivity contribution in [2.75, 3.05) is 31.5 Å². The van der Waals surface area contributed by atoms with Gasteiger partial charge in [0.1, 0.15) is 11.9 Å². The van der Waals surface area contributed by atoms with Crippen molar-refractivity contribution in [3.8, 4) is 5.75 Å². The van der Waals surface area contributed by atoms with E-state index in [0.717, 1.165) is 18.4 Å². The third kappa shape index (κ3) is 7.18. The molecule has 0 radical (unpaired) electrons. The highest BCUT2D eigenvalue weighted by Gasteiger charge is 2.21. The molecule has 1 aliphatic rings. The minimum absolute atomic E-state index is 0.223. The maximum Gasteiger partial charge on any atom is 0.305 e. The van der Waals surface area contributed by atoms with Crippen molar-refractivity contribution in [1.82, 2.24) is 0 Å². The van der Waals surface area contributed by atoms with Crippen LogP contribution in [0, 0.1) is 0 Å². The minimum Gasteiger partial charge on any atom is -0.497 e. The first-order chi connectivity index (χ1) is 16.5. The number of nitrogens with one attached hydrogen (secondary N) is 2. The number of hydrogen-bond acceptors (Lipinski definition) is 6. The number of methoxy groups -OCH3 is 2. The summed E-state index contributed by atoms with van der Waals surface area (Å²) in [5.41, 5.74) is 2.18. The topological polar surface area (TPSA) is 103 Å². The number of fused-ring (bicyclic) bond motifs is 3. The van der Waals surface area contributed by atoms with E-state index in [1.807, 2.05) is 12.1 Å². The van der Waals surface area contributed by atoms with Gasteiger partial charge in [0.2, 0.25) is 0 Å². The zero-order valence-corrected chi connectivity index (χ0v) is 19.5. The Morgan fingerprint density at radius 1 is 1.03 bits per heavy atom. The van der Waals surface area contributed by atoms with Crippen LogP contribution in [0.1, 0.15) is 48.0 Å². The zero-order chi connectivity index (χ0) is 24.3. The van der Waals surface area contributed by atoms with Crippen LogP contribution in [0.2, 0.25) is 0 Å². The first kappa shape index (κ1) is 25.0. The molecule has 2 bridgehead atoms. The number of carbonyl (C=O) groups is 3. The van der Waals surface area contributed by atoms with Gasteiger partial charge in [-0.25, -0.2) is 0 Å². The molecule has 2 aromatic rings. The minimum atomic E-state index is -0.685. The van der Waals surface area contributed by atoms with Gasteiger partial charge < -0.3 is 24.8 Å². The van der Waals surface area contributed by atoms with Gasteiger partial charge in [-0.15, -0.1) is 0 Å². The Labute approximate surface area is 199 Å². The largest absolute Gasteiger partial charge is 0.497 e. The summed E-state index contributed by atoms with van der Waals surface area (Å²) in [6.07, 6.45) is 5.97. The van der Waals surface area contributed by atoms with Crippen molar-refractivity contribution >= 4 is 35.2 Å². The van der Waals surface area contributed by atoms with Crippen LogP contribution in [-0.4, -0.2) is 44.7 Å². The van der Waals surface area contributed by atoms with E-state index in [0.29, 0.717) is 42.0 Å². The normalized spacial score (nSPS) is 16.0. The standard InChI is InChI=1S/C26H30N2O6/c1-32-20-16-18-9-8-14-34-23(12-4-3-5-13-24(29)33-2)26(31)28-22-11-7-6-10-21(22)27-25(30)19(15-18)17-20/h6-11,15-17,23H,3-5,12-14H2,1-2H3,(H,27,30)(H,28,31)/t23-/m0/s1. The first-order valence-electron chi connectivity index (χ1n) is 11.3. The van der Waals surface area contributed by atoms with E-state index >= 15 is 0 Å². The van der Waals surface area contributed by atoms with Gasteiger partial charge in [-0.3, -0.25) is 14.4 Å². The zero-order valence-electron chi connectivity index (χ0n) is 19.5. The van der Waals surface area contributed by atoms with E-state index in [9.17, 15) is 14.4 Å². The van der Waals surface area contributed by atoms with Gasteiger partial charge in [0.05, 0.1) is 32.2 Å². The third-order valence-electron chi connectivity index (χ3n) is 5.43. The summed E-state index contributed by atoms with van der Waals surface area (Å²) >= 11 is 0. The highest BCUT2D eigenvalue weighted by atomic mass is 16.5. The second kappa shape index (κ2) is 12.6. The van der Waals surface area contributed by atoms with E-state index in [4.69, 9.17) is 9.47 Å². The number of rotatable bonds is 7. The Kier molecular flexibility index (Phi) is 9.22. The number of anilines is 2. The van der Waals surface area contributed by atoms with Gasteiger partial charge in [0.25, 0.3) is 11.8 Å². The van der Waals surface area contributed by atoms with Crippen molar-refractivity contribution in [3.05, 3.63) is 59.7 Å². The molecule has 0 spiro atoms. The first-order valence-corrected chi connectivity index (χ1v) is 11.3. The van der Waals surface area contributed by atoms with Gasteiger partial charge in [0, 0.05) is 12.0 Å². The molecule has 0 saturated heterocycles. The summed E-state index contributed by atoms with van der Waals surface area (Å²) in [5, 5.41) is 5.75. The van der Waals surface area contributed by atoms with Gasteiger partial charge in [-0.05, 0) is 48.7 Å². The number of ether oxygens (including phenoxy) is 3. The fourth-order valence-electron chi connectivity index (χ4n) is 3.60. The highest BCUT2D eigenvalue weighted by Crippen LogP contribution is 2.25. The third-order valence-corrected chi connectivity index (χ3v) is 5.43. The molecule has 8 heteroatoms. The fraction of sp³-hybridized carbons (Fsp3) is 0.346. The molecule has 180 valence electrons. The summed E-state index contributed by atoms with van der Waals surface area (Å²) in [5.74, 6) is -0.283. The summed E-state index contributed by atoms with van der Waals surface area (Å²) < 4.78 is 15.9. The molecular weight excluding hydrogens is 436 g/mol. The highest BCUT2D eigenvalue weighted by molar-refractivity contribution is 6.08. The van der Waals surface area contributed by atoms with E-state index in [1.165, 1.54) is 7.11 Å². The number of amides is 2. The van der Waals surface area contributed by atoms with Crippen molar-refractivity contribution in [2.24, 2.45) is 0 Å². The second-order valence-electron chi connectivity index (χ2n) is 7.88. The SMILES string of the molecule is COC(=O)CCCCC[C@@H]1OCC=Cc2cc(OC)cc(c2)C(=O)Nc2ccccc2NC1=O. The van der Waals surface area contributed by atoms with Crippen LogP contribution in [-0.2, 0) is 19.1 Å². The summed E-state index contributed by atoms with van der Waals surface area (Å²) in [6.45, 7) is 0.223. The van der Waals surface area contributed by atoms with Crippen molar-refractivity contribution < 1.29 is 28.6 Å². The predicted molar refractivity (Wildman–Crippen MR) is 130 cm³/mol. The number of unbranched alkanes of at least 4 members (excludes halogenated alkanes) is 2. The van der Waals surface area contributed by atoms with Crippen LogP contribution in [0.4, 0.5) is 11.4 Å². The van der Waals surface area contributed by atoms with Crippen LogP contribution in [0.25, 0.3) is 6.08 Å². The van der Waals surface area contributed by atoms with E-state index in [2.05, 4.69) is 15.4 Å². The molecule has 1 heterocycles. The number of carbonyl (C=O) groups excluding carboxylic acids is 3. The van der Waals surface area contributed by atoms with Crippen LogP contribution in [0.3, 0.4) is 0 Å². The monoisotopic (exact) mass is 466 g/mol. The maximum atomic E-state index is 13.0. The summed E-state index contributed by atoms with van der Waals surface area (Å²) in [4.78, 5) is 37.2. The van der Waals surface area contributed by atoms with Gasteiger partial charge in [0.15, 0.2) is 0 Å². The molecule has 34 heavy (non-hydrogen) atoms. The molecular formula is C26H30N2O6. The summed E-state index contributed by atoms with van der Waals surface area (Å²) in [6, 6.07) is 12.3. The lowest BCUT2D eigenvalue weighted by Crippen LogP contribution is -2.31. The van der Waals surface area contributed by atoms with Crippen molar-refractivity contribution in [2.45, 2.75) is 38.2 Å². The number of hydrogen-bond donors (Lipinski definition) is 2. The molecule has 8 nitrogen and oxygen atoms in total. The summed E-state index contributed by atoms with van der Waals surface area (Å²) in [7, 11) is 2.92. The maximum absolute atomic E-state index is 13.0. The van der Waals surface area contributed by atoms with E-state index in [1.54, 1.807) is 49.6 Å². The Balaban J connectivity index is 1.80. The molecule has 0 aliphatic carbocycles. The lowest BCUT2D eigenvalue weighted by atomic mass is 10.1. The van der Waals surface area contributed by atoms with Gasteiger partial charge in [-0.1, -0.05) is 37.1 Å². The molecule has 2 aromatic carbocycles. The molecule has 0 unspecified atom stereocenters. The molecule has 2 amide bonds. The molecule has 1 atom stereocenters. The molecule has 2 N–H and O–H groups in total. The number of esters is 1. The average Bonchev–Trinajstić information content (AvgIpc) is 2.85.